The number of piperazine rings is 1. The number of carbonyl (C=O) groups excluding carboxylic acids is 1. The number of benzene rings is 2. The quantitative estimate of drug-likeness (QED) is 0.607. The van der Waals surface area contributed by atoms with Crippen molar-refractivity contribution in [3.8, 4) is 5.75 Å². The summed E-state index contributed by atoms with van der Waals surface area (Å²) in [6.07, 6.45) is 1.94. The van der Waals surface area contributed by atoms with Gasteiger partial charge in [-0.05, 0) is 50.2 Å². The summed E-state index contributed by atoms with van der Waals surface area (Å²) < 4.78 is 7.71. The number of anilines is 1. The van der Waals surface area contributed by atoms with Crippen LogP contribution in [-0.2, 0) is 0 Å². The summed E-state index contributed by atoms with van der Waals surface area (Å²) in [5.74, 6) is 0.985. The first-order valence-corrected chi connectivity index (χ1v) is 10.2. The smallest absolute Gasteiger partial charge is 0.161 e. The second-order valence-corrected chi connectivity index (χ2v) is 8.20. The van der Waals surface area contributed by atoms with Gasteiger partial charge in [-0.3, -0.25) is 8.77 Å². The molecule has 0 atom stereocenters. The second kappa shape index (κ2) is 7.89. The summed E-state index contributed by atoms with van der Waals surface area (Å²) in [5, 5.41) is 0.996. The number of ether oxygens (including phenoxy) is 1. The van der Waals surface area contributed by atoms with Gasteiger partial charge >= 0.3 is 0 Å². The van der Waals surface area contributed by atoms with Crippen molar-refractivity contribution in [2.45, 2.75) is 11.8 Å². The average molecular weight is 396 g/mol. The molecule has 2 aromatic carbocycles. The van der Waals surface area contributed by atoms with Gasteiger partial charge in [0.1, 0.15) is 5.75 Å². The standard InChI is InChI=1S/C22H25N3O2S/c1-16(26)19-15-25(20-7-5-4-6-18(19)20)28-17-8-9-22(27-3)21(14-17)24-12-10-23(2)11-13-24/h4-9,14-15H,10-13H2,1-3H3. The lowest BCUT2D eigenvalue weighted by atomic mass is 10.1. The van der Waals surface area contributed by atoms with Crippen LogP contribution in [0.2, 0.25) is 0 Å². The molecule has 146 valence electrons. The van der Waals surface area contributed by atoms with Crippen LogP contribution in [0.5, 0.6) is 5.75 Å². The summed E-state index contributed by atoms with van der Waals surface area (Å²) in [6, 6.07) is 14.3. The number of methoxy groups -OCH3 is 1. The molecule has 0 N–H and O–H groups in total. The summed E-state index contributed by atoms with van der Waals surface area (Å²) in [5.41, 5.74) is 2.94. The van der Waals surface area contributed by atoms with E-state index in [2.05, 4.69) is 39.0 Å². The Labute approximate surface area is 170 Å². The molecule has 28 heavy (non-hydrogen) atoms. The minimum Gasteiger partial charge on any atom is -0.495 e. The van der Waals surface area contributed by atoms with E-state index in [1.54, 1.807) is 26.0 Å². The molecule has 3 aromatic rings. The van der Waals surface area contributed by atoms with Crippen LogP contribution in [0, 0.1) is 0 Å². The number of para-hydroxylation sites is 1. The molecule has 6 heteroatoms. The number of aromatic nitrogens is 1. The summed E-state index contributed by atoms with van der Waals surface area (Å²) in [4.78, 5) is 17.9. The Morgan fingerprint density at radius 1 is 1.07 bits per heavy atom. The average Bonchev–Trinajstić information content (AvgIpc) is 3.07. The molecular formula is C22H25N3O2S. The maximum atomic E-state index is 12.0. The zero-order valence-electron chi connectivity index (χ0n) is 16.5. The molecule has 0 saturated carbocycles. The van der Waals surface area contributed by atoms with Crippen molar-refractivity contribution in [2.24, 2.45) is 0 Å². The van der Waals surface area contributed by atoms with Crippen molar-refractivity contribution in [1.29, 1.82) is 0 Å². The number of fused-ring (bicyclic) bond motifs is 1. The molecule has 5 nitrogen and oxygen atoms in total. The molecule has 4 rings (SSSR count). The van der Waals surface area contributed by atoms with E-state index >= 15 is 0 Å². The Hall–Kier alpha value is -2.44. The minimum atomic E-state index is 0.0865. The third-order valence-electron chi connectivity index (χ3n) is 5.26. The monoisotopic (exact) mass is 395 g/mol. The molecule has 1 saturated heterocycles. The van der Waals surface area contributed by atoms with Crippen molar-refractivity contribution in [3.63, 3.8) is 0 Å². The molecule has 1 aromatic heterocycles. The minimum absolute atomic E-state index is 0.0865. The number of nitrogens with zero attached hydrogens (tertiary/aromatic N) is 3. The summed E-state index contributed by atoms with van der Waals surface area (Å²) in [6.45, 7) is 5.69. The fourth-order valence-corrected chi connectivity index (χ4v) is 4.58. The predicted molar refractivity (Wildman–Crippen MR) is 116 cm³/mol. The molecular weight excluding hydrogens is 370 g/mol. The molecule has 0 bridgehead atoms. The van der Waals surface area contributed by atoms with Crippen molar-refractivity contribution >= 4 is 34.3 Å². The number of Topliss-reactive ketones (excluding diaryl/α,β-unsaturated/α-hetero) is 1. The van der Waals surface area contributed by atoms with Gasteiger partial charge in [0.25, 0.3) is 0 Å². The van der Waals surface area contributed by atoms with Crippen molar-refractivity contribution in [1.82, 2.24) is 8.87 Å². The number of ketones is 1. The normalized spacial score (nSPS) is 15.2. The van der Waals surface area contributed by atoms with E-state index in [-0.39, 0.29) is 5.78 Å². The van der Waals surface area contributed by atoms with Gasteiger partial charge < -0.3 is 14.5 Å². The van der Waals surface area contributed by atoms with Crippen LogP contribution in [0.15, 0.2) is 53.6 Å². The van der Waals surface area contributed by atoms with Crippen LogP contribution >= 0.6 is 11.9 Å². The molecule has 0 amide bonds. The van der Waals surface area contributed by atoms with E-state index in [0.29, 0.717) is 0 Å². The first-order valence-electron chi connectivity index (χ1n) is 9.47. The summed E-state index contributed by atoms with van der Waals surface area (Å²) >= 11 is 1.63. The van der Waals surface area contributed by atoms with Gasteiger partial charge in [-0.25, -0.2) is 0 Å². The van der Waals surface area contributed by atoms with Crippen molar-refractivity contribution in [2.75, 3.05) is 45.2 Å². The third kappa shape index (κ3) is 3.62. The number of likely N-dealkylation sites (N-methyl/N-ethyl adjacent to an activating group) is 1. The van der Waals surface area contributed by atoms with Crippen LogP contribution in [0.4, 0.5) is 5.69 Å². The molecule has 0 aliphatic carbocycles. The molecule has 0 spiro atoms. The van der Waals surface area contributed by atoms with Crippen LogP contribution in [0.3, 0.4) is 0 Å². The second-order valence-electron chi connectivity index (χ2n) is 7.16. The van der Waals surface area contributed by atoms with E-state index in [0.717, 1.165) is 59.0 Å². The molecule has 2 heterocycles. The zero-order valence-corrected chi connectivity index (χ0v) is 17.3. The van der Waals surface area contributed by atoms with E-state index in [1.165, 1.54) is 0 Å². The molecule has 0 unspecified atom stereocenters. The fraction of sp³-hybridized carbons (Fsp3) is 0.318. The maximum Gasteiger partial charge on any atom is 0.161 e. The maximum absolute atomic E-state index is 12.0. The van der Waals surface area contributed by atoms with Gasteiger partial charge in [-0.1, -0.05) is 18.2 Å². The number of hydrogen-bond acceptors (Lipinski definition) is 5. The largest absolute Gasteiger partial charge is 0.495 e. The van der Waals surface area contributed by atoms with E-state index in [4.69, 9.17) is 4.74 Å². The Morgan fingerprint density at radius 3 is 2.54 bits per heavy atom. The molecule has 0 radical (unpaired) electrons. The summed E-state index contributed by atoms with van der Waals surface area (Å²) in [7, 11) is 3.88. The molecule has 1 fully saturated rings. The Morgan fingerprint density at radius 2 is 1.82 bits per heavy atom. The first-order chi connectivity index (χ1) is 13.6. The van der Waals surface area contributed by atoms with Gasteiger partial charge in [-0.15, -0.1) is 0 Å². The number of rotatable bonds is 5. The van der Waals surface area contributed by atoms with Gasteiger partial charge in [0.15, 0.2) is 5.78 Å². The Kier molecular flexibility index (Phi) is 5.33. The van der Waals surface area contributed by atoms with Gasteiger partial charge in [-0.2, -0.15) is 0 Å². The van der Waals surface area contributed by atoms with E-state index in [1.807, 2.05) is 30.5 Å². The highest BCUT2D eigenvalue weighted by Crippen LogP contribution is 2.36. The highest BCUT2D eigenvalue weighted by molar-refractivity contribution is 7.98. The fourth-order valence-electron chi connectivity index (χ4n) is 3.64. The highest BCUT2D eigenvalue weighted by Gasteiger charge is 2.19. The number of hydrogen-bond donors (Lipinski definition) is 0. The van der Waals surface area contributed by atoms with Crippen LogP contribution in [0.1, 0.15) is 17.3 Å². The lowest BCUT2D eigenvalue weighted by Crippen LogP contribution is -2.44. The van der Waals surface area contributed by atoms with Gasteiger partial charge in [0.2, 0.25) is 0 Å². The highest BCUT2D eigenvalue weighted by atomic mass is 32.2. The lowest BCUT2D eigenvalue weighted by Gasteiger charge is -2.34. The first kappa shape index (κ1) is 18.9. The third-order valence-corrected chi connectivity index (χ3v) is 6.22. The van der Waals surface area contributed by atoms with Crippen molar-refractivity contribution < 1.29 is 9.53 Å². The Balaban J connectivity index is 1.68. The van der Waals surface area contributed by atoms with Crippen molar-refractivity contribution in [3.05, 3.63) is 54.2 Å². The SMILES string of the molecule is COc1ccc(Sn2cc(C(C)=O)c3ccccc32)cc1N1CCN(C)CC1. The lowest BCUT2D eigenvalue weighted by molar-refractivity contribution is 0.101. The predicted octanol–water partition coefficient (Wildman–Crippen LogP) is 4.16. The molecule has 1 aliphatic rings. The zero-order chi connectivity index (χ0) is 19.7. The number of carbonyl (C=O) groups is 1. The Bertz CT molecular complexity index is 1010. The molecule has 1 aliphatic heterocycles. The van der Waals surface area contributed by atoms with Crippen LogP contribution in [-0.4, -0.2) is 55.0 Å². The van der Waals surface area contributed by atoms with E-state index in [9.17, 15) is 4.79 Å². The topological polar surface area (TPSA) is 37.7 Å². The van der Waals surface area contributed by atoms with Gasteiger partial charge in [0, 0.05) is 48.2 Å². The van der Waals surface area contributed by atoms with Crippen LogP contribution in [0.25, 0.3) is 10.9 Å². The van der Waals surface area contributed by atoms with Gasteiger partial charge in [0.05, 0.1) is 18.3 Å². The van der Waals surface area contributed by atoms with Crippen LogP contribution < -0.4 is 9.64 Å². The van der Waals surface area contributed by atoms with E-state index < -0.39 is 0 Å².